The van der Waals surface area contributed by atoms with Crippen molar-refractivity contribution in [3.05, 3.63) is 24.0 Å². The highest BCUT2D eigenvalue weighted by Gasteiger charge is 2.26. The first-order valence-electron chi connectivity index (χ1n) is 5.48. The second-order valence-electron chi connectivity index (χ2n) is 3.93. The monoisotopic (exact) mass is 207 g/mol. The van der Waals surface area contributed by atoms with Crippen molar-refractivity contribution >= 4 is 5.91 Å². The van der Waals surface area contributed by atoms with E-state index in [-0.39, 0.29) is 5.91 Å². The summed E-state index contributed by atoms with van der Waals surface area (Å²) in [5.41, 5.74) is 6.14. The number of nitrogens with zero attached hydrogens (tertiary/aromatic N) is 1. The second-order valence-corrected chi connectivity index (χ2v) is 3.93. The summed E-state index contributed by atoms with van der Waals surface area (Å²) in [6.07, 6.45) is 5.20. The van der Waals surface area contributed by atoms with E-state index in [9.17, 15) is 4.79 Å². The van der Waals surface area contributed by atoms with Crippen LogP contribution >= 0.6 is 0 Å². The van der Waals surface area contributed by atoms with Gasteiger partial charge in [0, 0.05) is 18.8 Å². The lowest BCUT2D eigenvalue weighted by atomic mass is 10.3. The maximum atomic E-state index is 11.8. The van der Waals surface area contributed by atoms with Crippen LogP contribution in [-0.4, -0.2) is 23.6 Å². The number of rotatable bonds is 5. The predicted molar refractivity (Wildman–Crippen MR) is 58.7 cm³/mol. The van der Waals surface area contributed by atoms with Crippen LogP contribution in [0.15, 0.2) is 18.3 Å². The van der Waals surface area contributed by atoms with Crippen LogP contribution in [0.5, 0.6) is 0 Å². The summed E-state index contributed by atoms with van der Waals surface area (Å²) in [5, 5.41) is 2.87. The summed E-state index contributed by atoms with van der Waals surface area (Å²) < 4.78 is 2.07. The summed E-state index contributed by atoms with van der Waals surface area (Å²) in [6, 6.07) is 4.35. The van der Waals surface area contributed by atoms with Gasteiger partial charge in [-0.3, -0.25) is 4.79 Å². The van der Waals surface area contributed by atoms with Crippen molar-refractivity contribution in [2.45, 2.75) is 25.3 Å². The van der Waals surface area contributed by atoms with Gasteiger partial charge in [-0.05, 0) is 37.9 Å². The molecule has 0 aliphatic heterocycles. The highest BCUT2D eigenvalue weighted by molar-refractivity contribution is 5.92. The lowest BCUT2D eigenvalue weighted by Gasteiger charge is -2.08. The fourth-order valence-corrected chi connectivity index (χ4v) is 1.65. The highest BCUT2D eigenvalue weighted by atomic mass is 16.1. The minimum Gasteiger partial charge on any atom is -0.351 e. The highest BCUT2D eigenvalue weighted by Crippen LogP contribution is 2.35. The first kappa shape index (κ1) is 10.2. The maximum absolute atomic E-state index is 11.8. The minimum absolute atomic E-state index is 0.0142. The molecule has 1 aromatic heterocycles. The molecule has 0 saturated heterocycles. The molecule has 4 nitrogen and oxygen atoms in total. The number of hydrogen-bond donors (Lipinski definition) is 2. The van der Waals surface area contributed by atoms with Crippen LogP contribution in [0.3, 0.4) is 0 Å². The molecule has 0 spiro atoms. The van der Waals surface area contributed by atoms with Crippen LogP contribution in [0.1, 0.15) is 35.8 Å². The quantitative estimate of drug-likeness (QED) is 0.705. The molecule has 0 bridgehead atoms. The lowest BCUT2D eigenvalue weighted by molar-refractivity contribution is 0.0944. The van der Waals surface area contributed by atoms with Gasteiger partial charge in [-0.1, -0.05) is 0 Å². The van der Waals surface area contributed by atoms with Crippen LogP contribution in [0.2, 0.25) is 0 Å². The van der Waals surface area contributed by atoms with Gasteiger partial charge in [0.15, 0.2) is 0 Å². The first-order valence-corrected chi connectivity index (χ1v) is 5.48. The molecular formula is C11H17N3O. The topological polar surface area (TPSA) is 60.0 Å². The van der Waals surface area contributed by atoms with Gasteiger partial charge < -0.3 is 15.6 Å². The van der Waals surface area contributed by atoms with Gasteiger partial charge in [0.25, 0.3) is 5.91 Å². The van der Waals surface area contributed by atoms with Crippen LogP contribution in [0.25, 0.3) is 0 Å². The van der Waals surface area contributed by atoms with Crippen molar-refractivity contribution in [3.8, 4) is 0 Å². The Kier molecular flexibility index (Phi) is 3.06. The Morgan fingerprint density at radius 3 is 3.07 bits per heavy atom. The van der Waals surface area contributed by atoms with Crippen molar-refractivity contribution in [1.29, 1.82) is 0 Å². The summed E-state index contributed by atoms with van der Waals surface area (Å²) in [7, 11) is 0. The average Bonchev–Trinajstić information content (AvgIpc) is 2.96. The van der Waals surface area contributed by atoms with Crippen LogP contribution in [0.4, 0.5) is 0 Å². The molecule has 0 aromatic carbocycles. The third kappa shape index (κ3) is 2.39. The Morgan fingerprint density at radius 2 is 2.40 bits per heavy atom. The van der Waals surface area contributed by atoms with Gasteiger partial charge in [0.2, 0.25) is 0 Å². The molecule has 4 heteroatoms. The maximum Gasteiger partial charge on any atom is 0.267 e. The van der Waals surface area contributed by atoms with Crippen LogP contribution in [0, 0.1) is 0 Å². The zero-order valence-corrected chi connectivity index (χ0v) is 8.78. The summed E-state index contributed by atoms with van der Waals surface area (Å²) in [5.74, 6) is 0.0142. The Balaban J connectivity index is 1.95. The van der Waals surface area contributed by atoms with Gasteiger partial charge in [0.05, 0.1) is 0 Å². The number of carbonyl (C=O) groups excluding carboxylic acids is 1. The summed E-state index contributed by atoms with van der Waals surface area (Å²) in [4.78, 5) is 11.8. The van der Waals surface area contributed by atoms with E-state index in [4.69, 9.17) is 5.73 Å². The second kappa shape index (κ2) is 4.49. The third-order valence-electron chi connectivity index (χ3n) is 2.62. The first-order chi connectivity index (χ1) is 7.33. The van der Waals surface area contributed by atoms with E-state index < -0.39 is 0 Å². The SMILES string of the molecule is NCCCNC(=O)c1cccn1C1CC1. The largest absolute Gasteiger partial charge is 0.351 e. The molecule has 1 aliphatic carbocycles. The van der Waals surface area contributed by atoms with Gasteiger partial charge >= 0.3 is 0 Å². The lowest BCUT2D eigenvalue weighted by Crippen LogP contribution is -2.27. The molecule has 1 aliphatic rings. The Labute approximate surface area is 89.5 Å². The molecule has 0 atom stereocenters. The molecule has 82 valence electrons. The molecule has 1 aromatic rings. The van der Waals surface area contributed by atoms with Gasteiger partial charge in [0.1, 0.15) is 5.69 Å². The van der Waals surface area contributed by atoms with Crippen LogP contribution in [-0.2, 0) is 0 Å². The van der Waals surface area contributed by atoms with E-state index in [1.807, 2.05) is 18.3 Å². The number of carbonyl (C=O) groups is 1. The van der Waals surface area contributed by atoms with Crippen molar-refractivity contribution in [2.24, 2.45) is 5.73 Å². The van der Waals surface area contributed by atoms with E-state index in [1.165, 1.54) is 12.8 Å². The van der Waals surface area contributed by atoms with Gasteiger partial charge in [-0.15, -0.1) is 0 Å². The fourth-order valence-electron chi connectivity index (χ4n) is 1.65. The van der Waals surface area contributed by atoms with E-state index in [2.05, 4.69) is 9.88 Å². The Hall–Kier alpha value is -1.29. The minimum atomic E-state index is 0.0142. The molecule has 3 N–H and O–H groups in total. The molecule has 2 rings (SSSR count). The fraction of sp³-hybridized carbons (Fsp3) is 0.545. The molecule has 1 heterocycles. The zero-order valence-electron chi connectivity index (χ0n) is 8.78. The Morgan fingerprint density at radius 1 is 1.60 bits per heavy atom. The van der Waals surface area contributed by atoms with Gasteiger partial charge in [-0.25, -0.2) is 0 Å². The number of amides is 1. The van der Waals surface area contributed by atoms with Gasteiger partial charge in [-0.2, -0.15) is 0 Å². The van der Waals surface area contributed by atoms with Crippen molar-refractivity contribution < 1.29 is 4.79 Å². The molecule has 0 radical (unpaired) electrons. The van der Waals surface area contributed by atoms with E-state index >= 15 is 0 Å². The Bertz CT molecular complexity index is 341. The normalized spacial score (nSPS) is 15.3. The zero-order chi connectivity index (χ0) is 10.7. The number of hydrogen-bond acceptors (Lipinski definition) is 2. The molecule has 1 amide bonds. The summed E-state index contributed by atoms with van der Waals surface area (Å²) >= 11 is 0. The number of nitrogens with one attached hydrogen (secondary N) is 1. The van der Waals surface area contributed by atoms with Crippen molar-refractivity contribution in [3.63, 3.8) is 0 Å². The number of nitrogens with two attached hydrogens (primary N) is 1. The van der Waals surface area contributed by atoms with E-state index in [0.29, 0.717) is 19.1 Å². The van der Waals surface area contributed by atoms with Crippen molar-refractivity contribution in [2.75, 3.05) is 13.1 Å². The summed E-state index contributed by atoms with van der Waals surface area (Å²) in [6.45, 7) is 1.27. The van der Waals surface area contributed by atoms with E-state index in [0.717, 1.165) is 12.1 Å². The van der Waals surface area contributed by atoms with Crippen molar-refractivity contribution in [1.82, 2.24) is 9.88 Å². The smallest absolute Gasteiger partial charge is 0.267 e. The third-order valence-corrected chi connectivity index (χ3v) is 2.62. The molecule has 1 fully saturated rings. The average molecular weight is 207 g/mol. The van der Waals surface area contributed by atoms with E-state index in [1.54, 1.807) is 0 Å². The molecule has 1 saturated carbocycles. The molecule has 15 heavy (non-hydrogen) atoms. The number of aromatic nitrogens is 1. The van der Waals surface area contributed by atoms with Crippen LogP contribution < -0.4 is 11.1 Å². The predicted octanol–water partition coefficient (Wildman–Crippen LogP) is 0.902. The molecular weight excluding hydrogens is 190 g/mol. The molecule has 0 unspecified atom stereocenters. The standard InChI is InChI=1S/C11H17N3O/c12-6-2-7-13-11(15)10-3-1-8-14(10)9-4-5-9/h1,3,8-9H,2,4-7,12H2,(H,13,15).